The molecule has 0 bridgehead atoms. The molecule has 1 aromatic heterocycles. The second-order valence-corrected chi connectivity index (χ2v) is 5.07. The zero-order valence-corrected chi connectivity index (χ0v) is 10.5. The summed E-state index contributed by atoms with van der Waals surface area (Å²) < 4.78 is 3.73. The van der Waals surface area contributed by atoms with Gasteiger partial charge in [-0.1, -0.05) is 4.49 Å². The van der Waals surface area contributed by atoms with E-state index >= 15 is 0 Å². The van der Waals surface area contributed by atoms with Crippen molar-refractivity contribution in [3.8, 4) is 0 Å². The van der Waals surface area contributed by atoms with Gasteiger partial charge in [0.05, 0.1) is 6.20 Å². The van der Waals surface area contributed by atoms with Gasteiger partial charge in [-0.3, -0.25) is 4.79 Å². The van der Waals surface area contributed by atoms with E-state index in [1.54, 1.807) is 6.20 Å². The summed E-state index contributed by atoms with van der Waals surface area (Å²) >= 11 is 6.93. The Morgan fingerprint density at radius 1 is 1.62 bits per heavy atom. The molecule has 0 aromatic carbocycles. The lowest BCUT2D eigenvalue weighted by atomic mass is 10.00. The van der Waals surface area contributed by atoms with Crippen LogP contribution in [-0.4, -0.2) is 38.9 Å². The zero-order chi connectivity index (χ0) is 11.4. The SMILES string of the molecule is O=C(c1cnns1)N1CCCCC1CCCl. The minimum Gasteiger partial charge on any atom is -0.335 e. The number of carbonyl (C=O) groups excluding carboxylic acids is 1. The fraction of sp³-hybridized carbons (Fsp3) is 0.700. The molecule has 88 valence electrons. The molecule has 0 aliphatic carbocycles. The average Bonchev–Trinajstić information content (AvgIpc) is 2.83. The zero-order valence-electron chi connectivity index (χ0n) is 8.93. The topological polar surface area (TPSA) is 46.1 Å². The van der Waals surface area contributed by atoms with Crippen molar-refractivity contribution in [1.29, 1.82) is 0 Å². The Balaban J connectivity index is 2.08. The van der Waals surface area contributed by atoms with Gasteiger partial charge in [0.25, 0.3) is 5.91 Å². The Hall–Kier alpha value is -0.680. The average molecular weight is 260 g/mol. The third-order valence-corrected chi connectivity index (χ3v) is 3.77. The number of hydrogen-bond donors (Lipinski definition) is 0. The van der Waals surface area contributed by atoms with Crippen LogP contribution in [0.15, 0.2) is 6.20 Å². The molecule has 0 radical (unpaired) electrons. The van der Waals surface area contributed by atoms with E-state index in [1.807, 2.05) is 4.90 Å². The first kappa shape index (κ1) is 11.8. The molecule has 1 aliphatic rings. The first-order valence-corrected chi connectivity index (χ1v) is 6.78. The summed E-state index contributed by atoms with van der Waals surface area (Å²) in [5.74, 6) is 0.667. The van der Waals surface area contributed by atoms with Crippen LogP contribution in [0.25, 0.3) is 0 Å². The van der Waals surface area contributed by atoms with Crippen molar-refractivity contribution >= 4 is 29.0 Å². The molecule has 1 saturated heterocycles. The van der Waals surface area contributed by atoms with Crippen molar-refractivity contribution in [2.75, 3.05) is 12.4 Å². The van der Waals surface area contributed by atoms with E-state index in [1.165, 1.54) is 6.42 Å². The highest BCUT2D eigenvalue weighted by Gasteiger charge is 2.27. The Bertz CT molecular complexity index is 342. The second kappa shape index (κ2) is 5.59. The third-order valence-electron chi connectivity index (χ3n) is 2.90. The second-order valence-electron chi connectivity index (χ2n) is 3.91. The lowest BCUT2D eigenvalue weighted by Gasteiger charge is -2.35. The summed E-state index contributed by atoms with van der Waals surface area (Å²) in [4.78, 5) is 14.7. The van der Waals surface area contributed by atoms with Crippen LogP contribution in [0, 0.1) is 0 Å². The van der Waals surface area contributed by atoms with E-state index in [2.05, 4.69) is 9.59 Å². The molecule has 2 heterocycles. The van der Waals surface area contributed by atoms with Crippen molar-refractivity contribution in [3.63, 3.8) is 0 Å². The molecular formula is C10H14ClN3OS. The number of piperidine rings is 1. The van der Waals surface area contributed by atoms with Gasteiger partial charge in [0.1, 0.15) is 4.88 Å². The number of aromatic nitrogens is 2. The monoisotopic (exact) mass is 259 g/mol. The summed E-state index contributed by atoms with van der Waals surface area (Å²) in [6.07, 6.45) is 5.74. The summed E-state index contributed by atoms with van der Waals surface area (Å²) in [5, 5.41) is 3.70. The molecule has 0 spiro atoms. The van der Waals surface area contributed by atoms with E-state index in [9.17, 15) is 4.79 Å². The van der Waals surface area contributed by atoms with Gasteiger partial charge in [0, 0.05) is 18.5 Å². The molecule has 1 unspecified atom stereocenters. The molecule has 1 aromatic rings. The van der Waals surface area contributed by atoms with Gasteiger partial charge in [0.2, 0.25) is 0 Å². The van der Waals surface area contributed by atoms with E-state index < -0.39 is 0 Å². The predicted molar refractivity (Wildman–Crippen MR) is 63.9 cm³/mol. The standard InChI is InChI=1S/C10H14ClN3OS/c11-5-4-8-3-1-2-6-14(8)10(15)9-7-12-13-16-9/h7-8H,1-6H2. The Kier molecular flexibility index (Phi) is 4.12. The van der Waals surface area contributed by atoms with Gasteiger partial charge in [-0.2, -0.15) is 0 Å². The van der Waals surface area contributed by atoms with Crippen molar-refractivity contribution < 1.29 is 4.79 Å². The molecule has 1 amide bonds. The first-order valence-electron chi connectivity index (χ1n) is 5.47. The van der Waals surface area contributed by atoms with Crippen LogP contribution in [0.2, 0.25) is 0 Å². The van der Waals surface area contributed by atoms with E-state index in [0.29, 0.717) is 16.8 Å². The number of alkyl halides is 1. The highest BCUT2D eigenvalue weighted by Crippen LogP contribution is 2.22. The minimum atomic E-state index is 0.0600. The molecule has 0 N–H and O–H groups in total. The van der Waals surface area contributed by atoms with Crippen LogP contribution in [0.4, 0.5) is 0 Å². The highest BCUT2D eigenvalue weighted by molar-refractivity contribution is 7.07. The number of rotatable bonds is 3. The molecular weight excluding hydrogens is 246 g/mol. The maximum Gasteiger partial charge on any atom is 0.267 e. The van der Waals surface area contributed by atoms with Gasteiger partial charge in [-0.15, -0.1) is 16.7 Å². The Labute approximate surface area is 104 Å². The van der Waals surface area contributed by atoms with E-state index in [0.717, 1.165) is 37.3 Å². The molecule has 1 fully saturated rings. The van der Waals surface area contributed by atoms with Gasteiger partial charge < -0.3 is 4.90 Å². The summed E-state index contributed by atoms with van der Waals surface area (Å²) in [6, 6.07) is 0.292. The van der Waals surface area contributed by atoms with Gasteiger partial charge >= 0.3 is 0 Å². The maximum atomic E-state index is 12.2. The lowest BCUT2D eigenvalue weighted by Crippen LogP contribution is -2.43. The molecule has 4 nitrogen and oxygen atoms in total. The smallest absolute Gasteiger partial charge is 0.267 e. The van der Waals surface area contributed by atoms with Gasteiger partial charge in [0.15, 0.2) is 0 Å². The van der Waals surface area contributed by atoms with Crippen LogP contribution in [0.3, 0.4) is 0 Å². The van der Waals surface area contributed by atoms with Crippen molar-refractivity contribution in [1.82, 2.24) is 14.5 Å². The fourth-order valence-corrected chi connectivity index (χ4v) is 2.82. The maximum absolute atomic E-state index is 12.2. The van der Waals surface area contributed by atoms with Crippen LogP contribution >= 0.6 is 23.1 Å². The number of carbonyl (C=O) groups is 1. The van der Waals surface area contributed by atoms with Crippen molar-refractivity contribution in [2.24, 2.45) is 0 Å². The highest BCUT2D eigenvalue weighted by atomic mass is 35.5. The van der Waals surface area contributed by atoms with Crippen molar-refractivity contribution in [3.05, 3.63) is 11.1 Å². The number of amides is 1. The normalized spacial score (nSPS) is 21.1. The quantitative estimate of drug-likeness (QED) is 0.782. The largest absolute Gasteiger partial charge is 0.335 e. The molecule has 2 rings (SSSR count). The molecule has 6 heteroatoms. The molecule has 1 aliphatic heterocycles. The molecule has 1 atom stereocenters. The van der Waals surface area contributed by atoms with Crippen LogP contribution in [-0.2, 0) is 0 Å². The van der Waals surface area contributed by atoms with Crippen molar-refractivity contribution in [2.45, 2.75) is 31.7 Å². The summed E-state index contributed by atoms with van der Waals surface area (Å²) in [7, 11) is 0. The third kappa shape index (κ3) is 2.52. The summed E-state index contributed by atoms with van der Waals surface area (Å²) in [6.45, 7) is 0.832. The lowest BCUT2D eigenvalue weighted by molar-refractivity contribution is 0.0614. The van der Waals surface area contributed by atoms with E-state index in [4.69, 9.17) is 11.6 Å². The molecule has 16 heavy (non-hydrogen) atoms. The van der Waals surface area contributed by atoms with Gasteiger partial charge in [-0.05, 0) is 37.2 Å². The van der Waals surface area contributed by atoms with Crippen LogP contribution in [0.1, 0.15) is 35.4 Å². The number of nitrogens with zero attached hydrogens (tertiary/aromatic N) is 3. The number of hydrogen-bond acceptors (Lipinski definition) is 4. The minimum absolute atomic E-state index is 0.0600. The van der Waals surface area contributed by atoms with Crippen LogP contribution < -0.4 is 0 Å². The fourth-order valence-electron chi connectivity index (χ4n) is 2.10. The number of likely N-dealkylation sites (tertiary alicyclic amines) is 1. The van der Waals surface area contributed by atoms with Gasteiger partial charge in [-0.25, -0.2) is 0 Å². The number of halogens is 1. The predicted octanol–water partition coefficient (Wildman–Crippen LogP) is 2.16. The van der Waals surface area contributed by atoms with Crippen LogP contribution in [0.5, 0.6) is 0 Å². The summed E-state index contributed by atoms with van der Waals surface area (Å²) in [5.41, 5.74) is 0. The van der Waals surface area contributed by atoms with E-state index in [-0.39, 0.29) is 5.91 Å². The Morgan fingerprint density at radius 2 is 2.50 bits per heavy atom. The molecule has 0 saturated carbocycles. The first-order chi connectivity index (χ1) is 7.83. The Morgan fingerprint density at radius 3 is 3.19 bits per heavy atom.